The van der Waals surface area contributed by atoms with Crippen molar-refractivity contribution in [2.45, 2.75) is 51.0 Å². The van der Waals surface area contributed by atoms with Gasteiger partial charge >= 0.3 is 0 Å². The van der Waals surface area contributed by atoms with Gasteiger partial charge in [0, 0.05) is 31.2 Å². The van der Waals surface area contributed by atoms with E-state index in [0.29, 0.717) is 4.88 Å². The maximum Gasteiger partial charge on any atom is 0.248 e. The van der Waals surface area contributed by atoms with Gasteiger partial charge < -0.3 is 5.32 Å². The highest BCUT2D eigenvalue weighted by atomic mass is 32.1. The van der Waals surface area contributed by atoms with Crippen molar-refractivity contribution in [3.05, 3.63) is 22.4 Å². The molecule has 1 atom stereocenters. The Labute approximate surface area is 126 Å². The van der Waals surface area contributed by atoms with Crippen molar-refractivity contribution in [1.29, 1.82) is 0 Å². The highest BCUT2D eigenvalue weighted by molar-refractivity contribution is 7.12. The van der Waals surface area contributed by atoms with E-state index in [1.165, 1.54) is 11.3 Å². The van der Waals surface area contributed by atoms with Crippen LogP contribution in [0, 0.1) is 5.92 Å². The summed E-state index contributed by atoms with van der Waals surface area (Å²) in [6.07, 6.45) is 0.200. The normalized spacial score (nSPS) is 20.0. The molecule has 1 amide bonds. The highest BCUT2D eigenvalue weighted by Crippen LogP contribution is 2.36. The number of halogens is 2. The van der Waals surface area contributed by atoms with Crippen LogP contribution >= 0.6 is 11.3 Å². The van der Waals surface area contributed by atoms with Gasteiger partial charge in [-0.1, -0.05) is 6.07 Å². The van der Waals surface area contributed by atoms with E-state index in [-0.39, 0.29) is 55.8 Å². The lowest BCUT2D eigenvalue weighted by atomic mass is 9.86. The fourth-order valence-corrected chi connectivity index (χ4v) is 3.21. The number of amides is 1. The van der Waals surface area contributed by atoms with Gasteiger partial charge in [0.2, 0.25) is 11.8 Å². The predicted octanol–water partition coefficient (Wildman–Crippen LogP) is 3.65. The summed E-state index contributed by atoms with van der Waals surface area (Å²) in [6, 6.07) is 3.28. The van der Waals surface area contributed by atoms with Gasteiger partial charge in [-0.15, -0.1) is 11.3 Å². The van der Waals surface area contributed by atoms with Gasteiger partial charge in [0.15, 0.2) is 5.78 Å². The number of hydrogen-bond donors (Lipinski definition) is 1. The molecule has 0 spiro atoms. The Morgan fingerprint density at radius 1 is 1.43 bits per heavy atom. The highest BCUT2D eigenvalue weighted by Gasteiger charge is 2.37. The SMILES string of the molecule is C[C@@H](CC(=O)c1cccs1)NC(=O)C1CCC(F)(F)CC1. The van der Waals surface area contributed by atoms with E-state index in [4.69, 9.17) is 0 Å². The van der Waals surface area contributed by atoms with Gasteiger partial charge in [-0.2, -0.15) is 0 Å². The van der Waals surface area contributed by atoms with Crippen molar-refractivity contribution in [1.82, 2.24) is 5.32 Å². The zero-order valence-electron chi connectivity index (χ0n) is 11.9. The number of rotatable bonds is 5. The third-order valence-electron chi connectivity index (χ3n) is 3.76. The molecule has 2 rings (SSSR count). The van der Waals surface area contributed by atoms with E-state index < -0.39 is 5.92 Å². The van der Waals surface area contributed by atoms with Crippen LogP contribution < -0.4 is 5.32 Å². The molecule has 1 aromatic rings. The summed E-state index contributed by atoms with van der Waals surface area (Å²) in [5.41, 5.74) is 0. The zero-order valence-corrected chi connectivity index (χ0v) is 12.7. The molecular formula is C15H19F2NO2S. The standard InChI is InChI=1S/C15H19F2NO2S/c1-10(9-12(19)13-3-2-8-21-13)18-14(20)11-4-6-15(16,17)7-5-11/h2-3,8,10-11H,4-7,9H2,1H3,(H,18,20)/t10-/m0/s1. The van der Waals surface area contributed by atoms with Gasteiger partial charge in [0.05, 0.1) is 4.88 Å². The summed E-state index contributed by atoms with van der Waals surface area (Å²) < 4.78 is 26.1. The van der Waals surface area contributed by atoms with Crippen LogP contribution in [-0.4, -0.2) is 23.7 Å². The van der Waals surface area contributed by atoms with E-state index in [1.807, 2.05) is 11.4 Å². The Morgan fingerprint density at radius 3 is 2.67 bits per heavy atom. The Hall–Kier alpha value is -1.30. The molecule has 116 valence electrons. The maximum atomic E-state index is 13.1. The van der Waals surface area contributed by atoms with Crippen LogP contribution in [0.15, 0.2) is 17.5 Å². The lowest BCUT2D eigenvalue weighted by molar-refractivity contribution is -0.129. The van der Waals surface area contributed by atoms with E-state index in [2.05, 4.69) is 5.32 Å². The molecule has 1 fully saturated rings. The van der Waals surface area contributed by atoms with Crippen LogP contribution in [0.3, 0.4) is 0 Å². The number of nitrogens with one attached hydrogen (secondary N) is 1. The smallest absolute Gasteiger partial charge is 0.248 e. The van der Waals surface area contributed by atoms with Crippen molar-refractivity contribution < 1.29 is 18.4 Å². The van der Waals surface area contributed by atoms with Crippen LogP contribution in [-0.2, 0) is 4.79 Å². The first kappa shape index (κ1) is 16.1. The molecule has 6 heteroatoms. The molecule has 1 heterocycles. The molecule has 0 unspecified atom stereocenters. The Morgan fingerprint density at radius 2 is 2.10 bits per heavy atom. The number of thiophene rings is 1. The minimum Gasteiger partial charge on any atom is -0.353 e. The summed E-state index contributed by atoms with van der Waals surface area (Å²) >= 11 is 1.37. The van der Waals surface area contributed by atoms with Crippen molar-refractivity contribution in [2.75, 3.05) is 0 Å². The van der Waals surface area contributed by atoms with Crippen LogP contribution in [0.4, 0.5) is 8.78 Å². The fraction of sp³-hybridized carbons (Fsp3) is 0.600. The monoisotopic (exact) mass is 315 g/mol. The van der Waals surface area contributed by atoms with Crippen LogP contribution in [0.5, 0.6) is 0 Å². The first-order valence-corrected chi connectivity index (χ1v) is 8.00. The molecule has 21 heavy (non-hydrogen) atoms. The topological polar surface area (TPSA) is 46.2 Å². The Balaban J connectivity index is 1.79. The summed E-state index contributed by atoms with van der Waals surface area (Å²) in [6.45, 7) is 1.76. The molecule has 1 aromatic heterocycles. The van der Waals surface area contributed by atoms with Crippen LogP contribution in [0.25, 0.3) is 0 Å². The lowest BCUT2D eigenvalue weighted by Crippen LogP contribution is -2.40. The first-order valence-electron chi connectivity index (χ1n) is 7.12. The van der Waals surface area contributed by atoms with Crippen LogP contribution in [0.1, 0.15) is 48.7 Å². The molecule has 1 saturated carbocycles. The summed E-state index contributed by atoms with van der Waals surface area (Å²) in [5.74, 6) is -3.20. The second kappa shape index (κ2) is 6.64. The number of ketones is 1. The van der Waals surface area contributed by atoms with Crippen molar-refractivity contribution in [2.24, 2.45) is 5.92 Å². The largest absolute Gasteiger partial charge is 0.353 e. The number of hydrogen-bond acceptors (Lipinski definition) is 3. The average molecular weight is 315 g/mol. The van der Waals surface area contributed by atoms with Gasteiger partial charge in [-0.05, 0) is 31.2 Å². The van der Waals surface area contributed by atoms with Crippen molar-refractivity contribution in [3.8, 4) is 0 Å². The van der Waals surface area contributed by atoms with Gasteiger partial charge in [0.1, 0.15) is 0 Å². The van der Waals surface area contributed by atoms with E-state index in [1.54, 1.807) is 13.0 Å². The molecule has 1 N–H and O–H groups in total. The second-order valence-electron chi connectivity index (χ2n) is 5.64. The van der Waals surface area contributed by atoms with E-state index in [9.17, 15) is 18.4 Å². The maximum absolute atomic E-state index is 13.1. The van der Waals surface area contributed by atoms with Gasteiger partial charge in [-0.3, -0.25) is 9.59 Å². The van der Waals surface area contributed by atoms with Gasteiger partial charge in [0.25, 0.3) is 0 Å². The molecule has 0 saturated heterocycles. The Bertz CT molecular complexity index is 492. The minimum absolute atomic E-state index is 0.00650. The summed E-state index contributed by atoms with van der Waals surface area (Å²) in [7, 11) is 0. The second-order valence-corrected chi connectivity index (χ2v) is 6.59. The molecular weight excluding hydrogens is 296 g/mol. The molecule has 0 radical (unpaired) electrons. The van der Waals surface area contributed by atoms with Crippen molar-refractivity contribution in [3.63, 3.8) is 0 Å². The number of carbonyl (C=O) groups excluding carboxylic acids is 2. The average Bonchev–Trinajstić information content (AvgIpc) is 2.92. The molecule has 0 bridgehead atoms. The molecule has 0 aliphatic heterocycles. The fourth-order valence-electron chi connectivity index (χ4n) is 2.53. The Kier molecular flexibility index (Phi) is 5.08. The lowest BCUT2D eigenvalue weighted by Gasteiger charge is -2.28. The van der Waals surface area contributed by atoms with E-state index >= 15 is 0 Å². The molecule has 1 aliphatic carbocycles. The predicted molar refractivity (Wildman–Crippen MR) is 77.8 cm³/mol. The third-order valence-corrected chi connectivity index (χ3v) is 4.68. The quantitative estimate of drug-likeness (QED) is 0.843. The molecule has 3 nitrogen and oxygen atoms in total. The number of carbonyl (C=O) groups is 2. The van der Waals surface area contributed by atoms with Crippen molar-refractivity contribution >= 4 is 23.0 Å². The molecule has 1 aliphatic rings. The summed E-state index contributed by atoms with van der Waals surface area (Å²) in [5, 5.41) is 4.60. The summed E-state index contributed by atoms with van der Waals surface area (Å²) in [4.78, 5) is 24.6. The minimum atomic E-state index is -2.63. The third kappa shape index (κ3) is 4.59. The number of alkyl halides is 2. The molecule has 0 aromatic carbocycles. The van der Waals surface area contributed by atoms with Crippen LogP contribution in [0.2, 0.25) is 0 Å². The number of Topliss-reactive ketones (excluding diaryl/α,β-unsaturated/α-hetero) is 1. The van der Waals surface area contributed by atoms with E-state index in [0.717, 1.165) is 0 Å². The first-order chi connectivity index (χ1) is 9.87. The van der Waals surface area contributed by atoms with Gasteiger partial charge in [-0.25, -0.2) is 8.78 Å². The zero-order chi connectivity index (χ0) is 15.5.